The first-order valence-electron chi connectivity index (χ1n) is 7.28. The third kappa shape index (κ3) is 7.46. The molecular formula is C16H24N2O3. The van der Waals surface area contributed by atoms with Crippen molar-refractivity contribution in [2.75, 3.05) is 6.54 Å². The zero-order valence-corrected chi connectivity index (χ0v) is 12.4. The molecule has 1 rings (SSSR count). The quantitative estimate of drug-likeness (QED) is 0.644. The Bertz CT molecular complexity index is 448. The molecule has 5 nitrogen and oxygen atoms in total. The van der Waals surface area contributed by atoms with Gasteiger partial charge < -0.3 is 16.2 Å². The van der Waals surface area contributed by atoms with E-state index in [4.69, 9.17) is 10.8 Å². The summed E-state index contributed by atoms with van der Waals surface area (Å²) in [6, 6.07) is 9.37. The minimum absolute atomic E-state index is 0.122. The molecule has 1 aromatic rings. The van der Waals surface area contributed by atoms with E-state index in [1.165, 1.54) is 0 Å². The number of carbonyl (C=O) groups excluding carboxylic acids is 1. The smallest absolute Gasteiger partial charge is 0.303 e. The molecule has 0 spiro atoms. The molecule has 4 N–H and O–H groups in total. The maximum atomic E-state index is 11.9. The first kappa shape index (κ1) is 17.2. The van der Waals surface area contributed by atoms with Gasteiger partial charge >= 0.3 is 5.97 Å². The number of hydrogen-bond donors (Lipinski definition) is 3. The van der Waals surface area contributed by atoms with Crippen LogP contribution in [0.4, 0.5) is 0 Å². The van der Waals surface area contributed by atoms with Crippen molar-refractivity contribution in [3.63, 3.8) is 0 Å². The topological polar surface area (TPSA) is 92.4 Å². The Kier molecular flexibility index (Phi) is 7.46. The van der Waals surface area contributed by atoms with Gasteiger partial charge in [-0.3, -0.25) is 9.59 Å². The number of aliphatic carboxylic acids is 1. The summed E-state index contributed by atoms with van der Waals surface area (Å²) in [5.41, 5.74) is 7.03. The summed E-state index contributed by atoms with van der Waals surface area (Å²) in [6.07, 6.45) is 2.04. The summed E-state index contributed by atoms with van der Waals surface area (Å²) < 4.78 is 0. The monoisotopic (exact) mass is 292 g/mol. The highest BCUT2D eigenvalue weighted by atomic mass is 16.4. The van der Waals surface area contributed by atoms with E-state index in [2.05, 4.69) is 5.32 Å². The van der Waals surface area contributed by atoms with Crippen molar-refractivity contribution in [2.24, 2.45) is 11.7 Å². The lowest BCUT2D eigenvalue weighted by molar-refractivity contribution is -0.137. The van der Waals surface area contributed by atoms with Crippen molar-refractivity contribution in [2.45, 2.75) is 38.6 Å². The molecule has 0 aliphatic heterocycles. The van der Waals surface area contributed by atoms with Crippen LogP contribution in [0.1, 0.15) is 31.7 Å². The fourth-order valence-electron chi connectivity index (χ4n) is 1.98. The second-order valence-corrected chi connectivity index (χ2v) is 5.41. The van der Waals surface area contributed by atoms with E-state index < -0.39 is 12.0 Å². The van der Waals surface area contributed by atoms with Crippen LogP contribution in [0.3, 0.4) is 0 Å². The number of rotatable bonds is 9. The van der Waals surface area contributed by atoms with E-state index >= 15 is 0 Å². The van der Waals surface area contributed by atoms with Gasteiger partial charge in [-0.05, 0) is 30.7 Å². The Balaban J connectivity index is 2.23. The summed E-state index contributed by atoms with van der Waals surface area (Å²) in [6.45, 7) is 2.38. The predicted molar refractivity (Wildman–Crippen MR) is 81.8 cm³/mol. The van der Waals surface area contributed by atoms with Gasteiger partial charge in [0.2, 0.25) is 5.91 Å². The molecule has 1 aromatic carbocycles. The molecule has 0 aromatic heterocycles. The van der Waals surface area contributed by atoms with Crippen LogP contribution in [-0.2, 0) is 16.0 Å². The van der Waals surface area contributed by atoms with Crippen LogP contribution in [0.2, 0.25) is 0 Å². The Morgan fingerprint density at radius 2 is 1.90 bits per heavy atom. The molecule has 5 heteroatoms. The molecule has 2 atom stereocenters. The Labute approximate surface area is 125 Å². The maximum absolute atomic E-state index is 11.9. The molecule has 0 radical (unpaired) electrons. The molecule has 1 unspecified atom stereocenters. The number of carboxylic acid groups (broad SMARTS) is 1. The van der Waals surface area contributed by atoms with Gasteiger partial charge in [0.1, 0.15) is 0 Å². The fourth-order valence-corrected chi connectivity index (χ4v) is 1.98. The van der Waals surface area contributed by atoms with Gasteiger partial charge in [0.15, 0.2) is 0 Å². The molecule has 0 bridgehead atoms. The van der Waals surface area contributed by atoms with Gasteiger partial charge in [0.05, 0.1) is 6.04 Å². The maximum Gasteiger partial charge on any atom is 0.303 e. The van der Waals surface area contributed by atoms with Gasteiger partial charge in [0.25, 0.3) is 0 Å². The average Bonchev–Trinajstić information content (AvgIpc) is 2.49. The molecule has 116 valence electrons. The first-order valence-corrected chi connectivity index (χ1v) is 7.28. The van der Waals surface area contributed by atoms with Crippen molar-refractivity contribution in [1.29, 1.82) is 0 Å². The van der Waals surface area contributed by atoms with Crippen LogP contribution < -0.4 is 11.1 Å². The Morgan fingerprint density at radius 3 is 2.52 bits per heavy atom. The Morgan fingerprint density at radius 1 is 1.24 bits per heavy atom. The van der Waals surface area contributed by atoms with Crippen molar-refractivity contribution >= 4 is 11.9 Å². The molecule has 0 fully saturated rings. The SMILES string of the molecule is CC(CCC(=O)O)CNC(=O)[C@@H](N)CCc1ccccc1. The normalized spacial score (nSPS) is 13.4. The largest absolute Gasteiger partial charge is 0.481 e. The molecule has 0 heterocycles. The number of carboxylic acids is 1. The highest BCUT2D eigenvalue weighted by Gasteiger charge is 2.14. The van der Waals surface area contributed by atoms with Crippen LogP contribution in [-0.4, -0.2) is 29.6 Å². The van der Waals surface area contributed by atoms with E-state index in [1.807, 2.05) is 37.3 Å². The lowest BCUT2D eigenvalue weighted by Crippen LogP contribution is -2.42. The summed E-state index contributed by atoms with van der Waals surface area (Å²) in [7, 11) is 0. The highest BCUT2D eigenvalue weighted by Crippen LogP contribution is 2.06. The van der Waals surface area contributed by atoms with Crippen LogP contribution in [0.15, 0.2) is 30.3 Å². The van der Waals surface area contributed by atoms with Gasteiger partial charge in [-0.15, -0.1) is 0 Å². The van der Waals surface area contributed by atoms with E-state index in [1.54, 1.807) is 0 Å². The predicted octanol–water partition coefficient (Wildman–Crippen LogP) is 1.56. The molecule has 0 aliphatic carbocycles. The number of amides is 1. The first-order chi connectivity index (χ1) is 9.99. The van der Waals surface area contributed by atoms with E-state index in [9.17, 15) is 9.59 Å². The van der Waals surface area contributed by atoms with Gasteiger partial charge in [0, 0.05) is 13.0 Å². The van der Waals surface area contributed by atoms with Gasteiger partial charge in [-0.2, -0.15) is 0 Å². The third-order valence-electron chi connectivity index (χ3n) is 3.40. The molecule has 1 amide bonds. The van der Waals surface area contributed by atoms with Crippen molar-refractivity contribution in [1.82, 2.24) is 5.32 Å². The molecule has 0 saturated heterocycles. The lowest BCUT2D eigenvalue weighted by atomic mass is 10.0. The van der Waals surface area contributed by atoms with Crippen LogP contribution in [0.25, 0.3) is 0 Å². The standard InChI is InChI=1S/C16H24N2O3/c1-12(7-10-15(19)20)11-18-16(21)14(17)9-8-13-5-3-2-4-6-13/h2-6,12,14H,7-11,17H2,1H3,(H,18,21)(H,19,20)/t12?,14-/m0/s1. The third-order valence-corrected chi connectivity index (χ3v) is 3.40. The highest BCUT2D eigenvalue weighted by molar-refractivity contribution is 5.81. The minimum atomic E-state index is -0.812. The van der Waals surface area contributed by atoms with E-state index in [0.29, 0.717) is 19.4 Å². The van der Waals surface area contributed by atoms with E-state index in [0.717, 1.165) is 12.0 Å². The van der Waals surface area contributed by atoms with Gasteiger partial charge in [-0.1, -0.05) is 37.3 Å². The molecular weight excluding hydrogens is 268 g/mol. The second-order valence-electron chi connectivity index (χ2n) is 5.41. The number of nitrogens with one attached hydrogen (secondary N) is 1. The fraction of sp³-hybridized carbons (Fsp3) is 0.500. The number of benzene rings is 1. The van der Waals surface area contributed by atoms with Crippen LogP contribution in [0, 0.1) is 5.92 Å². The molecule has 0 aliphatic rings. The zero-order valence-electron chi connectivity index (χ0n) is 12.4. The summed E-state index contributed by atoms with van der Waals surface area (Å²) >= 11 is 0. The molecule has 0 saturated carbocycles. The average molecular weight is 292 g/mol. The summed E-state index contributed by atoms with van der Waals surface area (Å²) in [4.78, 5) is 22.3. The summed E-state index contributed by atoms with van der Waals surface area (Å²) in [5, 5.41) is 11.4. The van der Waals surface area contributed by atoms with E-state index in [-0.39, 0.29) is 18.2 Å². The van der Waals surface area contributed by atoms with Crippen molar-refractivity contribution in [3.05, 3.63) is 35.9 Å². The summed E-state index contributed by atoms with van der Waals surface area (Å²) in [5.74, 6) is -0.854. The zero-order chi connectivity index (χ0) is 15.7. The van der Waals surface area contributed by atoms with Crippen LogP contribution >= 0.6 is 0 Å². The second kappa shape index (κ2) is 9.13. The molecule has 21 heavy (non-hydrogen) atoms. The number of nitrogens with two attached hydrogens (primary N) is 1. The number of hydrogen-bond acceptors (Lipinski definition) is 3. The van der Waals surface area contributed by atoms with Crippen molar-refractivity contribution < 1.29 is 14.7 Å². The number of carbonyl (C=O) groups is 2. The number of aryl methyl sites for hydroxylation is 1. The Hall–Kier alpha value is -1.88. The minimum Gasteiger partial charge on any atom is -0.481 e. The van der Waals surface area contributed by atoms with Gasteiger partial charge in [-0.25, -0.2) is 0 Å². The lowest BCUT2D eigenvalue weighted by Gasteiger charge is -2.15. The van der Waals surface area contributed by atoms with Crippen LogP contribution in [0.5, 0.6) is 0 Å². The van der Waals surface area contributed by atoms with Crippen molar-refractivity contribution in [3.8, 4) is 0 Å².